The monoisotopic (exact) mass is 470 g/mol. The smallest absolute Gasteiger partial charge is 0.220 e. The van der Waals surface area contributed by atoms with E-state index < -0.39 is 54.1 Å². The topological polar surface area (TPSA) is 0 Å². The molecule has 0 radical (unpaired) electrons. The highest BCUT2D eigenvalue weighted by Crippen LogP contribution is 2.65. The molecular formula is C9HF19. The molecule has 19 heteroatoms. The Balaban J connectivity index is 7.11. The van der Waals surface area contributed by atoms with Crippen LogP contribution in [0.1, 0.15) is 0 Å². The highest BCUT2D eigenvalue weighted by atomic mass is 19.4. The van der Waals surface area contributed by atoms with Gasteiger partial charge in [0.2, 0.25) is 0 Å². The number of hydrogen-bond acceptors (Lipinski definition) is 0. The van der Waals surface area contributed by atoms with Crippen molar-refractivity contribution in [3.8, 4) is 0 Å². The molecule has 0 aromatic carbocycles. The summed E-state index contributed by atoms with van der Waals surface area (Å²) < 4.78 is 238. The van der Waals surface area contributed by atoms with Gasteiger partial charge in [-0.3, -0.25) is 0 Å². The van der Waals surface area contributed by atoms with Gasteiger partial charge in [0, 0.05) is 0 Å². The fourth-order valence-electron chi connectivity index (χ4n) is 1.60. The Morgan fingerprint density at radius 2 is 0.643 bits per heavy atom. The van der Waals surface area contributed by atoms with Crippen LogP contribution in [0.4, 0.5) is 83.4 Å². The molecule has 1 atom stereocenters. The third-order valence-electron chi connectivity index (χ3n) is 3.17. The first kappa shape index (κ1) is 26.7. The van der Waals surface area contributed by atoms with Gasteiger partial charge in [-0.1, -0.05) is 0 Å². The molecule has 0 fully saturated rings. The van der Waals surface area contributed by atoms with Crippen LogP contribution < -0.4 is 0 Å². The average Bonchev–Trinajstić information content (AvgIpc) is 2.40. The van der Waals surface area contributed by atoms with Crippen molar-refractivity contribution in [3.05, 3.63) is 0 Å². The quantitative estimate of drug-likeness (QED) is 0.417. The van der Waals surface area contributed by atoms with Crippen LogP contribution in [0.15, 0.2) is 0 Å². The molecule has 0 aliphatic rings. The molecule has 0 N–H and O–H groups in total. The molecule has 0 saturated heterocycles. The van der Waals surface area contributed by atoms with Gasteiger partial charge in [-0.05, 0) is 0 Å². The van der Waals surface area contributed by atoms with Crippen molar-refractivity contribution in [1.29, 1.82) is 0 Å². The molecule has 0 amide bonds. The third kappa shape index (κ3) is 3.02. The molecule has 0 nitrogen and oxygen atoms in total. The fourth-order valence-corrected chi connectivity index (χ4v) is 1.60. The Kier molecular flexibility index (Phi) is 6.03. The molecule has 0 aliphatic carbocycles. The molecule has 0 bridgehead atoms. The predicted octanol–water partition coefficient (Wildman–Crippen LogP) is 6.26. The zero-order valence-corrected chi connectivity index (χ0v) is 11.8. The summed E-state index contributed by atoms with van der Waals surface area (Å²) in [5, 5.41) is 0. The first-order chi connectivity index (χ1) is 11.7. The van der Waals surface area contributed by atoms with Crippen molar-refractivity contribution in [3.63, 3.8) is 0 Å². The standard InChI is InChI=1S/C9HF19/c10-1(11)2(12,7(20,21)22)4(14,15)6(18,19)5(16,17)3(13,8(23,24)25)9(26,27)28/h1H/t2-/m1/s1. The van der Waals surface area contributed by atoms with Gasteiger partial charge >= 0.3 is 47.6 Å². The maximum absolute atomic E-state index is 13.1. The Bertz CT molecular complexity index is 545. The normalized spacial score (nSPS) is 18.4. The summed E-state index contributed by atoms with van der Waals surface area (Å²) in [5.41, 5.74) is -16.8. The lowest BCUT2D eigenvalue weighted by Crippen LogP contribution is -2.78. The lowest BCUT2D eigenvalue weighted by Gasteiger charge is -2.45. The van der Waals surface area contributed by atoms with Gasteiger partial charge in [-0.2, -0.15) is 65.9 Å². The SMILES string of the molecule is FC(F)[C@](F)(C(F)(F)F)C(F)(F)C(F)(F)C(F)(F)C(F)(C(F)(F)F)C(F)(F)F. The number of hydrogen-bond donors (Lipinski definition) is 0. The summed E-state index contributed by atoms with van der Waals surface area (Å²) >= 11 is 0. The maximum Gasteiger partial charge on any atom is 0.438 e. The molecule has 0 heterocycles. The van der Waals surface area contributed by atoms with Crippen molar-refractivity contribution >= 4 is 0 Å². The Morgan fingerprint density at radius 3 is 0.821 bits per heavy atom. The van der Waals surface area contributed by atoms with Gasteiger partial charge in [0.15, 0.2) is 0 Å². The van der Waals surface area contributed by atoms with Crippen LogP contribution >= 0.6 is 0 Å². The Morgan fingerprint density at radius 1 is 0.357 bits per heavy atom. The lowest BCUT2D eigenvalue weighted by atomic mass is 9.82. The van der Waals surface area contributed by atoms with Crippen molar-refractivity contribution in [2.45, 2.75) is 54.1 Å². The van der Waals surface area contributed by atoms with Gasteiger partial charge in [0.05, 0.1) is 0 Å². The second kappa shape index (κ2) is 6.33. The van der Waals surface area contributed by atoms with E-state index >= 15 is 0 Å². The van der Waals surface area contributed by atoms with E-state index in [9.17, 15) is 83.4 Å². The zero-order chi connectivity index (χ0) is 23.6. The fraction of sp³-hybridized carbons (Fsp3) is 1.00. The first-order valence-electron chi connectivity index (χ1n) is 5.69. The number of halogens is 19. The molecule has 0 saturated carbocycles. The molecule has 0 rings (SSSR count). The van der Waals surface area contributed by atoms with Crippen LogP contribution in [-0.2, 0) is 0 Å². The highest BCUT2D eigenvalue weighted by Gasteiger charge is 2.97. The van der Waals surface area contributed by atoms with Gasteiger partial charge < -0.3 is 0 Å². The average molecular weight is 470 g/mol. The first-order valence-corrected chi connectivity index (χ1v) is 5.69. The van der Waals surface area contributed by atoms with E-state index in [0.717, 1.165) is 0 Å². The minimum atomic E-state index is -8.96. The third-order valence-corrected chi connectivity index (χ3v) is 3.17. The van der Waals surface area contributed by atoms with Crippen molar-refractivity contribution < 1.29 is 83.4 Å². The number of alkyl halides is 19. The highest BCUT2D eigenvalue weighted by molar-refractivity contribution is 5.19. The van der Waals surface area contributed by atoms with Crippen molar-refractivity contribution in [1.82, 2.24) is 0 Å². The van der Waals surface area contributed by atoms with Gasteiger partial charge in [0.25, 0.3) is 6.43 Å². The summed E-state index contributed by atoms with van der Waals surface area (Å²) in [6, 6.07) is 0. The molecule has 0 aromatic heterocycles. The van der Waals surface area contributed by atoms with E-state index in [-0.39, 0.29) is 0 Å². The molecule has 0 aliphatic heterocycles. The Labute approximate surface area is 139 Å². The lowest BCUT2D eigenvalue weighted by molar-refractivity contribution is -0.465. The van der Waals surface area contributed by atoms with Gasteiger partial charge in [-0.15, -0.1) is 0 Å². The second-order valence-electron chi connectivity index (χ2n) is 4.89. The van der Waals surface area contributed by atoms with Gasteiger partial charge in [0.1, 0.15) is 0 Å². The molecule has 0 aromatic rings. The molecular weight excluding hydrogens is 469 g/mol. The number of rotatable bonds is 5. The summed E-state index contributed by atoms with van der Waals surface area (Å²) in [7, 11) is 0. The van der Waals surface area contributed by atoms with Crippen molar-refractivity contribution in [2.24, 2.45) is 0 Å². The van der Waals surface area contributed by atoms with E-state index in [2.05, 4.69) is 0 Å². The molecule has 0 unspecified atom stereocenters. The summed E-state index contributed by atoms with van der Waals surface area (Å²) in [4.78, 5) is 0. The summed E-state index contributed by atoms with van der Waals surface area (Å²) in [6.07, 6.45) is -30.9. The molecule has 0 spiro atoms. The van der Waals surface area contributed by atoms with E-state index in [1.807, 2.05) is 0 Å². The predicted molar refractivity (Wildman–Crippen MR) is 46.7 cm³/mol. The van der Waals surface area contributed by atoms with Crippen LogP contribution in [0.3, 0.4) is 0 Å². The maximum atomic E-state index is 13.1. The zero-order valence-electron chi connectivity index (χ0n) is 11.8. The van der Waals surface area contributed by atoms with Crippen molar-refractivity contribution in [2.75, 3.05) is 0 Å². The van der Waals surface area contributed by atoms with Crippen LogP contribution in [0, 0.1) is 0 Å². The van der Waals surface area contributed by atoms with E-state index in [1.165, 1.54) is 0 Å². The van der Waals surface area contributed by atoms with Crippen LogP contribution in [0.2, 0.25) is 0 Å². The van der Waals surface area contributed by atoms with Crippen LogP contribution in [0.25, 0.3) is 0 Å². The molecule has 28 heavy (non-hydrogen) atoms. The van der Waals surface area contributed by atoms with Crippen LogP contribution in [-0.4, -0.2) is 54.1 Å². The van der Waals surface area contributed by atoms with Crippen LogP contribution in [0.5, 0.6) is 0 Å². The second-order valence-corrected chi connectivity index (χ2v) is 4.89. The minimum Gasteiger partial charge on any atom is -0.220 e. The summed E-state index contributed by atoms with van der Waals surface area (Å²) in [6.45, 7) is 0. The van der Waals surface area contributed by atoms with E-state index in [0.29, 0.717) is 0 Å². The largest absolute Gasteiger partial charge is 0.438 e. The van der Waals surface area contributed by atoms with E-state index in [4.69, 9.17) is 0 Å². The molecule has 170 valence electrons. The summed E-state index contributed by atoms with van der Waals surface area (Å²) in [5.74, 6) is -26.6. The Hall–Kier alpha value is -1.33. The van der Waals surface area contributed by atoms with E-state index in [1.54, 1.807) is 0 Å². The van der Waals surface area contributed by atoms with Gasteiger partial charge in [-0.25, -0.2) is 17.6 Å². The minimum absolute atomic E-state index is 6.44.